The summed E-state index contributed by atoms with van der Waals surface area (Å²) >= 11 is 5.89. The van der Waals surface area contributed by atoms with Crippen LogP contribution in [0.4, 0.5) is 11.4 Å². The van der Waals surface area contributed by atoms with Crippen molar-refractivity contribution < 1.29 is 0 Å². The molecule has 0 saturated carbocycles. The average molecular weight is 256 g/mol. The van der Waals surface area contributed by atoms with Gasteiger partial charge in [-0.1, -0.05) is 35.9 Å². The molecule has 4 heteroatoms. The molecule has 3 nitrogen and oxygen atoms in total. The van der Waals surface area contributed by atoms with Gasteiger partial charge in [-0.15, -0.1) is 5.11 Å². The van der Waals surface area contributed by atoms with Gasteiger partial charge in [0.25, 0.3) is 0 Å². The molecular weight excluding hydrogens is 246 g/mol. The Balaban J connectivity index is 1.97. The highest BCUT2D eigenvalue weighted by atomic mass is 35.5. The molecule has 3 rings (SSSR count). The van der Waals surface area contributed by atoms with Gasteiger partial charge in [0.05, 0.1) is 5.69 Å². The summed E-state index contributed by atoms with van der Waals surface area (Å²) in [6.45, 7) is 0. The van der Waals surface area contributed by atoms with Gasteiger partial charge in [0.1, 0.15) is 5.69 Å². The van der Waals surface area contributed by atoms with Crippen molar-refractivity contribution in [2.75, 3.05) is 0 Å². The number of benzene rings is 2. The Bertz CT molecular complexity index is 716. The highest BCUT2D eigenvalue weighted by Gasteiger charge is 2.00. The third-order valence-electron chi connectivity index (χ3n) is 2.65. The lowest BCUT2D eigenvalue weighted by Crippen LogP contribution is -1.65. The maximum Gasteiger partial charge on any atom is 0.111 e. The fourth-order valence-electron chi connectivity index (χ4n) is 1.79. The van der Waals surface area contributed by atoms with Crippen LogP contribution >= 0.6 is 11.6 Å². The van der Waals surface area contributed by atoms with Gasteiger partial charge in [-0.25, -0.2) is 0 Å². The smallest absolute Gasteiger partial charge is 0.111 e. The summed E-state index contributed by atoms with van der Waals surface area (Å²) in [5, 5.41) is 10.1. The first-order valence-electron chi connectivity index (χ1n) is 5.56. The highest BCUT2D eigenvalue weighted by Crippen LogP contribution is 2.27. The van der Waals surface area contributed by atoms with Gasteiger partial charge >= 0.3 is 0 Å². The van der Waals surface area contributed by atoms with Crippen LogP contribution in [-0.4, -0.2) is 4.98 Å². The van der Waals surface area contributed by atoms with E-state index in [4.69, 9.17) is 11.6 Å². The molecule has 0 saturated heterocycles. The van der Waals surface area contributed by atoms with E-state index in [1.165, 1.54) is 0 Å². The summed E-state index contributed by atoms with van der Waals surface area (Å²) in [5.41, 5.74) is 2.62. The Morgan fingerprint density at radius 2 is 1.83 bits per heavy atom. The van der Waals surface area contributed by atoms with Crippen LogP contribution in [0.3, 0.4) is 0 Å². The molecule has 0 unspecified atom stereocenters. The van der Waals surface area contributed by atoms with Gasteiger partial charge in [0, 0.05) is 22.1 Å². The monoisotopic (exact) mass is 255 g/mol. The normalized spacial score (nSPS) is 11.4. The summed E-state index contributed by atoms with van der Waals surface area (Å²) in [7, 11) is 0. The van der Waals surface area contributed by atoms with Gasteiger partial charge in [-0.05, 0) is 24.3 Å². The zero-order valence-electron chi connectivity index (χ0n) is 9.47. The van der Waals surface area contributed by atoms with Crippen LogP contribution in [0.25, 0.3) is 10.9 Å². The molecule has 0 atom stereocenters. The van der Waals surface area contributed by atoms with E-state index >= 15 is 0 Å². The van der Waals surface area contributed by atoms with E-state index in [0.29, 0.717) is 5.02 Å². The molecule has 0 spiro atoms. The fraction of sp³-hybridized carbons (Fsp3) is 0. The average Bonchev–Trinajstić information content (AvgIpc) is 2.80. The van der Waals surface area contributed by atoms with Crippen LogP contribution in [0.1, 0.15) is 0 Å². The van der Waals surface area contributed by atoms with E-state index in [1.807, 2.05) is 48.7 Å². The van der Waals surface area contributed by atoms with E-state index in [1.54, 1.807) is 6.07 Å². The predicted molar refractivity (Wildman–Crippen MR) is 73.9 cm³/mol. The SMILES string of the molecule is Clc1cccc(N=Nc2c[nH]c3ccccc23)c1. The minimum absolute atomic E-state index is 0.658. The van der Waals surface area contributed by atoms with Crippen molar-refractivity contribution in [1.82, 2.24) is 4.98 Å². The van der Waals surface area contributed by atoms with Crippen molar-refractivity contribution in [3.8, 4) is 0 Å². The van der Waals surface area contributed by atoms with Gasteiger partial charge in [-0.2, -0.15) is 5.11 Å². The summed E-state index contributed by atoms with van der Waals surface area (Å²) in [6, 6.07) is 15.3. The molecular formula is C14H10ClN3. The Hall–Kier alpha value is -2.13. The standard InChI is InChI=1S/C14H10ClN3/c15-10-4-3-5-11(8-10)17-18-14-9-16-13-7-2-1-6-12(13)14/h1-9,16H. The number of azo groups is 1. The lowest BCUT2D eigenvalue weighted by molar-refractivity contribution is 1.24. The van der Waals surface area contributed by atoms with E-state index in [-0.39, 0.29) is 0 Å². The largest absolute Gasteiger partial charge is 0.359 e. The Kier molecular flexibility index (Phi) is 2.82. The van der Waals surface area contributed by atoms with Crippen LogP contribution in [0.5, 0.6) is 0 Å². The first-order valence-corrected chi connectivity index (χ1v) is 5.94. The topological polar surface area (TPSA) is 40.5 Å². The number of para-hydroxylation sites is 1. The Morgan fingerprint density at radius 3 is 2.72 bits per heavy atom. The first kappa shape index (κ1) is 11.0. The highest BCUT2D eigenvalue weighted by molar-refractivity contribution is 6.30. The molecule has 1 heterocycles. The molecule has 0 fully saturated rings. The number of H-pyrrole nitrogens is 1. The Morgan fingerprint density at radius 1 is 0.944 bits per heavy atom. The predicted octanol–water partition coefficient (Wildman–Crippen LogP) is 5.24. The third-order valence-corrected chi connectivity index (χ3v) is 2.88. The lowest BCUT2D eigenvalue weighted by atomic mass is 10.2. The van der Waals surface area contributed by atoms with Gasteiger partial charge in [0.15, 0.2) is 0 Å². The number of nitrogens with one attached hydrogen (secondary N) is 1. The quantitative estimate of drug-likeness (QED) is 0.609. The van der Waals surface area contributed by atoms with Crippen molar-refractivity contribution in [2.45, 2.75) is 0 Å². The van der Waals surface area contributed by atoms with E-state index in [9.17, 15) is 0 Å². The molecule has 0 amide bonds. The maximum atomic E-state index is 5.89. The number of fused-ring (bicyclic) bond motifs is 1. The van der Waals surface area contributed by atoms with E-state index < -0.39 is 0 Å². The van der Waals surface area contributed by atoms with Crippen LogP contribution in [0.15, 0.2) is 65.0 Å². The maximum absolute atomic E-state index is 5.89. The molecule has 0 aliphatic heterocycles. The number of nitrogens with zero attached hydrogens (tertiary/aromatic N) is 2. The molecule has 2 aromatic carbocycles. The molecule has 3 aromatic rings. The number of aromatic amines is 1. The molecule has 18 heavy (non-hydrogen) atoms. The van der Waals surface area contributed by atoms with Crippen LogP contribution in [-0.2, 0) is 0 Å². The summed E-state index contributed by atoms with van der Waals surface area (Å²) in [6.07, 6.45) is 1.85. The van der Waals surface area contributed by atoms with Gasteiger partial charge < -0.3 is 4.98 Å². The molecule has 0 aliphatic rings. The number of hydrogen-bond donors (Lipinski definition) is 1. The Labute approximate surface area is 109 Å². The minimum Gasteiger partial charge on any atom is -0.359 e. The fourth-order valence-corrected chi connectivity index (χ4v) is 1.97. The summed E-state index contributed by atoms with van der Waals surface area (Å²) in [5.74, 6) is 0. The number of aromatic nitrogens is 1. The van der Waals surface area contributed by atoms with Crippen molar-refractivity contribution in [3.63, 3.8) is 0 Å². The summed E-state index contributed by atoms with van der Waals surface area (Å²) in [4.78, 5) is 3.16. The second-order valence-corrected chi connectivity index (χ2v) is 4.34. The molecule has 1 N–H and O–H groups in total. The van der Waals surface area contributed by atoms with E-state index in [0.717, 1.165) is 22.3 Å². The first-order chi connectivity index (χ1) is 8.83. The number of rotatable bonds is 2. The molecule has 0 radical (unpaired) electrons. The number of hydrogen-bond acceptors (Lipinski definition) is 2. The van der Waals surface area contributed by atoms with Crippen molar-refractivity contribution >= 4 is 33.9 Å². The molecule has 0 aliphatic carbocycles. The van der Waals surface area contributed by atoms with Crippen molar-refractivity contribution in [2.24, 2.45) is 10.2 Å². The molecule has 0 bridgehead atoms. The van der Waals surface area contributed by atoms with E-state index in [2.05, 4.69) is 15.2 Å². The number of halogens is 1. The minimum atomic E-state index is 0.658. The molecule has 1 aromatic heterocycles. The van der Waals surface area contributed by atoms with Crippen LogP contribution in [0.2, 0.25) is 5.02 Å². The van der Waals surface area contributed by atoms with Crippen molar-refractivity contribution in [3.05, 3.63) is 59.8 Å². The third kappa shape index (κ3) is 2.13. The van der Waals surface area contributed by atoms with Crippen LogP contribution in [0, 0.1) is 0 Å². The zero-order valence-corrected chi connectivity index (χ0v) is 10.2. The lowest BCUT2D eigenvalue weighted by Gasteiger charge is -1.93. The van der Waals surface area contributed by atoms with Gasteiger partial charge in [0.2, 0.25) is 0 Å². The second-order valence-electron chi connectivity index (χ2n) is 3.90. The van der Waals surface area contributed by atoms with Crippen LogP contribution < -0.4 is 0 Å². The summed E-state index contributed by atoms with van der Waals surface area (Å²) < 4.78 is 0. The zero-order chi connectivity index (χ0) is 12.4. The molecule has 88 valence electrons. The second kappa shape index (κ2) is 4.63. The van der Waals surface area contributed by atoms with Crippen molar-refractivity contribution in [1.29, 1.82) is 0 Å². The van der Waals surface area contributed by atoms with Gasteiger partial charge in [-0.3, -0.25) is 0 Å².